The van der Waals surface area contributed by atoms with Gasteiger partial charge in [0.25, 0.3) is 0 Å². The molecule has 0 spiro atoms. The van der Waals surface area contributed by atoms with E-state index in [0.717, 1.165) is 11.3 Å². The van der Waals surface area contributed by atoms with Crippen LogP contribution in [0.4, 0.5) is 0 Å². The Labute approximate surface area is 127 Å². The van der Waals surface area contributed by atoms with Gasteiger partial charge >= 0.3 is 5.97 Å². The summed E-state index contributed by atoms with van der Waals surface area (Å²) in [6.45, 7) is 0.255. The number of methoxy groups -OCH3 is 1. The Bertz CT molecular complexity index is 568. The minimum atomic E-state index is -3.54. The average molecular weight is 334 g/mol. The number of hydrogen-bond donors (Lipinski definition) is 1. The number of rotatable bonds is 8. The first-order chi connectivity index (χ1) is 9.86. The third-order valence-corrected chi connectivity index (χ3v) is 5.55. The van der Waals surface area contributed by atoms with Crippen molar-refractivity contribution in [2.45, 2.75) is 17.1 Å². The van der Waals surface area contributed by atoms with E-state index in [1.807, 2.05) is 0 Å². The van der Waals surface area contributed by atoms with E-state index >= 15 is 0 Å². The van der Waals surface area contributed by atoms with Gasteiger partial charge in [-0.2, -0.15) is 0 Å². The molecule has 0 unspecified atom stereocenters. The first-order valence-electron chi connectivity index (χ1n) is 6.21. The van der Waals surface area contributed by atoms with Crippen molar-refractivity contribution in [2.24, 2.45) is 0 Å². The van der Waals surface area contributed by atoms with Crippen LogP contribution in [-0.2, 0) is 24.3 Å². The molecule has 0 aliphatic carbocycles. The van der Waals surface area contributed by atoms with E-state index in [0.29, 0.717) is 0 Å². The van der Waals surface area contributed by atoms with Crippen LogP contribution in [0.5, 0.6) is 0 Å². The molecule has 1 heterocycles. The molecule has 9 heteroatoms. The number of nitrogens with zero attached hydrogens (tertiary/aromatic N) is 1. The highest BCUT2D eigenvalue weighted by Crippen LogP contribution is 2.15. The molecule has 0 aliphatic rings. The molecular weight excluding hydrogens is 316 g/mol. The summed E-state index contributed by atoms with van der Waals surface area (Å²) in [7, 11) is -0.708. The number of esters is 1. The Balaban J connectivity index is 2.35. The van der Waals surface area contributed by atoms with Gasteiger partial charge in [-0.1, -0.05) is 6.07 Å². The predicted octanol–water partition coefficient (Wildman–Crippen LogP) is 0.438. The molecule has 1 rings (SSSR count). The molecule has 0 atom stereocenters. The molecule has 118 valence electrons. The lowest BCUT2D eigenvalue weighted by molar-refractivity contribution is -0.141. The fourth-order valence-corrected chi connectivity index (χ4v) is 3.53. The summed E-state index contributed by atoms with van der Waals surface area (Å²) in [5.74, 6) is -0.638. The molecule has 1 aromatic rings. The van der Waals surface area contributed by atoms with Gasteiger partial charge in [0.2, 0.25) is 15.9 Å². The second-order valence-corrected chi connectivity index (χ2v) is 7.16. The smallest absolute Gasteiger partial charge is 0.307 e. The molecule has 0 aromatic carbocycles. The first kappa shape index (κ1) is 17.6. The number of carbonyl (C=O) groups excluding carboxylic acids is 2. The van der Waals surface area contributed by atoms with Gasteiger partial charge in [0.1, 0.15) is 4.21 Å². The maximum Gasteiger partial charge on any atom is 0.307 e. The van der Waals surface area contributed by atoms with E-state index in [1.54, 1.807) is 18.5 Å². The molecule has 1 aromatic heterocycles. The largest absolute Gasteiger partial charge is 0.469 e. The predicted molar refractivity (Wildman–Crippen MR) is 78.4 cm³/mol. The number of sulfonamides is 1. The van der Waals surface area contributed by atoms with Crippen molar-refractivity contribution in [1.82, 2.24) is 9.62 Å². The molecule has 1 amide bonds. The standard InChI is InChI=1S/C12H18N2O5S2/c1-14(8-6-11(16)19-2)10(15)5-7-13-21(17,18)12-4-3-9-20-12/h3-4,9,13H,5-8H2,1-2H3. The molecule has 21 heavy (non-hydrogen) atoms. The maximum atomic E-state index is 11.8. The van der Waals surface area contributed by atoms with Crippen LogP contribution in [0, 0.1) is 0 Å². The van der Waals surface area contributed by atoms with E-state index in [-0.39, 0.29) is 36.0 Å². The monoisotopic (exact) mass is 334 g/mol. The summed E-state index contributed by atoms with van der Waals surface area (Å²) in [6.07, 6.45) is 0.141. The zero-order valence-corrected chi connectivity index (χ0v) is 13.5. The molecule has 0 saturated heterocycles. The van der Waals surface area contributed by atoms with Crippen molar-refractivity contribution in [3.63, 3.8) is 0 Å². The molecular formula is C12H18N2O5S2. The molecule has 0 fully saturated rings. The zero-order chi connectivity index (χ0) is 15.9. The number of hydrogen-bond acceptors (Lipinski definition) is 6. The topological polar surface area (TPSA) is 92.8 Å². The van der Waals surface area contributed by atoms with E-state index in [4.69, 9.17) is 0 Å². The lowest BCUT2D eigenvalue weighted by Gasteiger charge is -2.16. The Morgan fingerprint density at radius 2 is 2.10 bits per heavy atom. The highest BCUT2D eigenvalue weighted by Gasteiger charge is 2.16. The second kappa shape index (κ2) is 8.11. The fraction of sp³-hybridized carbons (Fsp3) is 0.500. The number of ether oxygens (including phenoxy) is 1. The molecule has 0 bridgehead atoms. The van der Waals surface area contributed by atoms with Crippen LogP contribution in [0.15, 0.2) is 21.7 Å². The van der Waals surface area contributed by atoms with Gasteiger partial charge in [-0.15, -0.1) is 11.3 Å². The Morgan fingerprint density at radius 3 is 2.67 bits per heavy atom. The fourth-order valence-electron chi connectivity index (χ4n) is 1.46. The summed E-state index contributed by atoms with van der Waals surface area (Å²) in [5.41, 5.74) is 0. The average Bonchev–Trinajstić information content (AvgIpc) is 2.98. The van der Waals surface area contributed by atoms with Crippen LogP contribution in [-0.4, -0.2) is 52.4 Å². The van der Waals surface area contributed by atoms with Crippen molar-refractivity contribution in [1.29, 1.82) is 0 Å². The van der Waals surface area contributed by atoms with Crippen LogP contribution < -0.4 is 4.72 Å². The van der Waals surface area contributed by atoms with Gasteiger partial charge in [0.05, 0.1) is 13.5 Å². The number of thiophene rings is 1. The minimum Gasteiger partial charge on any atom is -0.469 e. The van der Waals surface area contributed by atoms with Gasteiger partial charge in [-0.05, 0) is 11.4 Å². The van der Waals surface area contributed by atoms with Crippen LogP contribution in [0.2, 0.25) is 0 Å². The highest BCUT2D eigenvalue weighted by atomic mass is 32.2. The van der Waals surface area contributed by atoms with Crippen molar-refractivity contribution in [3.8, 4) is 0 Å². The summed E-state index contributed by atoms with van der Waals surface area (Å²) < 4.78 is 30.7. The second-order valence-electron chi connectivity index (χ2n) is 4.22. The minimum absolute atomic E-state index is 0.0155. The lowest BCUT2D eigenvalue weighted by atomic mass is 10.3. The van der Waals surface area contributed by atoms with Gasteiger partial charge in [0.15, 0.2) is 0 Å². The Morgan fingerprint density at radius 1 is 1.38 bits per heavy atom. The highest BCUT2D eigenvalue weighted by molar-refractivity contribution is 7.91. The van der Waals surface area contributed by atoms with Crippen LogP contribution in [0.25, 0.3) is 0 Å². The van der Waals surface area contributed by atoms with E-state index in [1.165, 1.54) is 18.1 Å². The number of nitrogens with one attached hydrogen (secondary N) is 1. The van der Waals surface area contributed by atoms with Crippen molar-refractivity contribution >= 4 is 33.2 Å². The quantitative estimate of drug-likeness (QED) is 0.696. The Hall–Kier alpha value is -1.45. The third-order valence-electron chi connectivity index (χ3n) is 2.70. The van der Waals surface area contributed by atoms with Crippen LogP contribution in [0.3, 0.4) is 0 Å². The SMILES string of the molecule is COC(=O)CCN(C)C(=O)CCNS(=O)(=O)c1cccs1. The summed E-state index contributed by atoms with van der Waals surface area (Å²) in [5, 5.41) is 1.67. The van der Waals surface area contributed by atoms with Gasteiger partial charge in [0, 0.05) is 26.6 Å². The van der Waals surface area contributed by atoms with Crippen molar-refractivity contribution < 1.29 is 22.7 Å². The molecule has 1 N–H and O–H groups in total. The van der Waals surface area contributed by atoms with E-state index < -0.39 is 16.0 Å². The summed E-state index contributed by atoms with van der Waals surface area (Å²) in [6, 6.07) is 3.14. The Kier molecular flexibility index (Phi) is 6.79. The van der Waals surface area contributed by atoms with E-state index in [2.05, 4.69) is 9.46 Å². The summed E-state index contributed by atoms with van der Waals surface area (Å²) in [4.78, 5) is 24.1. The molecule has 0 aliphatic heterocycles. The van der Waals surface area contributed by atoms with Gasteiger partial charge in [-0.3, -0.25) is 9.59 Å². The first-order valence-corrected chi connectivity index (χ1v) is 8.57. The normalized spacial score (nSPS) is 11.1. The number of amides is 1. The van der Waals surface area contributed by atoms with Crippen molar-refractivity contribution in [2.75, 3.05) is 27.2 Å². The lowest BCUT2D eigenvalue weighted by Crippen LogP contribution is -2.33. The number of carbonyl (C=O) groups is 2. The van der Waals surface area contributed by atoms with Crippen molar-refractivity contribution in [3.05, 3.63) is 17.5 Å². The maximum absolute atomic E-state index is 11.8. The molecule has 0 radical (unpaired) electrons. The molecule has 0 saturated carbocycles. The van der Waals surface area contributed by atoms with Gasteiger partial charge in [-0.25, -0.2) is 13.1 Å². The van der Waals surface area contributed by atoms with Crippen LogP contribution >= 0.6 is 11.3 Å². The van der Waals surface area contributed by atoms with Gasteiger partial charge < -0.3 is 9.64 Å². The third kappa shape index (κ3) is 5.82. The van der Waals surface area contributed by atoms with Crippen LogP contribution in [0.1, 0.15) is 12.8 Å². The van der Waals surface area contributed by atoms with E-state index in [9.17, 15) is 18.0 Å². The molecule has 7 nitrogen and oxygen atoms in total. The zero-order valence-electron chi connectivity index (χ0n) is 11.9. The summed E-state index contributed by atoms with van der Waals surface area (Å²) >= 11 is 1.11.